The van der Waals surface area contributed by atoms with E-state index in [0.29, 0.717) is 34.6 Å². The number of thioether (sulfide) groups is 1. The van der Waals surface area contributed by atoms with Crippen LogP contribution in [0.15, 0.2) is 35.5 Å². The van der Waals surface area contributed by atoms with E-state index >= 15 is 0 Å². The number of hydrogen-bond donors (Lipinski definition) is 4. The minimum atomic E-state index is -1.18. The average Bonchev–Trinajstić information content (AvgIpc) is 3.37. The molecule has 4 N–H and O–H groups in total. The molecule has 33 heavy (non-hydrogen) atoms. The number of fused-ring (bicyclic) bond motifs is 1. The largest absolute Gasteiger partial charge is 0.390 e. The number of nitrogens with zero attached hydrogens (tertiary/aromatic N) is 5. The molecule has 5 rings (SSSR count). The number of benzene rings is 1. The predicted octanol–water partition coefficient (Wildman–Crippen LogP) is 1.33. The molecular weight excluding hydrogens is 442 g/mol. The maximum Gasteiger partial charge on any atom is 0.225 e. The summed E-state index contributed by atoms with van der Waals surface area (Å²) in [4.78, 5) is 21.5. The number of hydrogen-bond acceptors (Lipinski definition) is 9. The molecular formula is C22H27N7O3S. The van der Waals surface area contributed by atoms with Crippen molar-refractivity contribution in [2.45, 2.75) is 55.1 Å². The first-order chi connectivity index (χ1) is 16.0. The van der Waals surface area contributed by atoms with Gasteiger partial charge in [0.15, 0.2) is 22.1 Å². The second kappa shape index (κ2) is 8.88. The van der Waals surface area contributed by atoms with Crippen LogP contribution in [-0.2, 0) is 4.79 Å². The highest BCUT2D eigenvalue weighted by Gasteiger charge is 2.47. The van der Waals surface area contributed by atoms with Crippen LogP contribution in [0.1, 0.15) is 37.3 Å². The standard InChI is InChI=1S/C22H27N7O3S/c1-3-23-21(32)13-10-15(18(31)17(13)30)29-20-16(27-28-29)19(25-22(26-20)33-2)24-14-9-12(14)11-7-5-4-6-8-11/h4-8,12-15,17-18,30-31H,3,9-10H2,1-2H3,(H,23,32)(H,24,25,26). The topological polar surface area (TPSA) is 138 Å². The van der Waals surface area contributed by atoms with E-state index in [2.05, 4.69) is 43.0 Å². The van der Waals surface area contributed by atoms with Gasteiger partial charge in [-0.05, 0) is 31.6 Å². The molecule has 10 nitrogen and oxygen atoms in total. The lowest BCUT2D eigenvalue weighted by molar-refractivity contribution is -0.128. The van der Waals surface area contributed by atoms with Crippen LogP contribution < -0.4 is 10.6 Å². The van der Waals surface area contributed by atoms with E-state index in [-0.39, 0.29) is 18.4 Å². The fourth-order valence-corrected chi connectivity index (χ4v) is 5.00. The molecule has 2 aliphatic rings. The lowest BCUT2D eigenvalue weighted by Gasteiger charge is -2.17. The van der Waals surface area contributed by atoms with Crippen molar-refractivity contribution in [1.29, 1.82) is 0 Å². The second-order valence-corrected chi connectivity index (χ2v) is 9.33. The van der Waals surface area contributed by atoms with Crippen LogP contribution in [0.3, 0.4) is 0 Å². The molecule has 0 aliphatic heterocycles. The third kappa shape index (κ3) is 4.04. The Bertz CT molecular complexity index is 1160. The number of aromatic nitrogens is 5. The molecule has 3 aromatic rings. The van der Waals surface area contributed by atoms with Crippen LogP contribution in [0.4, 0.5) is 5.82 Å². The maximum atomic E-state index is 12.3. The third-order valence-electron chi connectivity index (χ3n) is 6.48. The molecule has 1 amide bonds. The van der Waals surface area contributed by atoms with Crippen LogP contribution in [0.2, 0.25) is 0 Å². The number of nitrogens with one attached hydrogen (secondary N) is 2. The molecule has 2 fully saturated rings. The Morgan fingerprint density at radius 2 is 1.97 bits per heavy atom. The lowest BCUT2D eigenvalue weighted by Crippen LogP contribution is -2.38. The van der Waals surface area contributed by atoms with E-state index in [9.17, 15) is 15.0 Å². The van der Waals surface area contributed by atoms with Crippen LogP contribution in [0.5, 0.6) is 0 Å². The van der Waals surface area contributed by atoms with Crippen molar-refractivity contribution in [3.05, 3.63) is 35.9 Å². The highest BCUT2D eigenvalue weighted by atomic mass is 32.2. The van der Waals surface area contributed by atoms with Crippen molar-refractivity contribution in [1.82, 2.24) is 30.3 Å². The number of carbonyl (C=O) groups is 1. The summed E-state index contributed by atoms with van der Waals surface area (Å²) in [6.07, 6.45) is 0.797. The Balaban J connectivity index is 1.43. The monoisotopic (exact) mass is 469 g/mol. The Kier molecular flexibility index (Phi) is 5.94. The summed E-state index contributed by atoms with van der Waals surface area (Å²) in [5.41, 5.74) is 2.27. The zero-order valence-electron chi connectivity index (χ0n) is 18.4. The third-order valence-corrected chi connectivity index (χ3v) is 7.03. The highest BCUT2D eigenvalue weighted by molar-refractivity contribution is 7.98. The Labute approximate surface area is 195 Å². The first-order valence-corrected chi connectivity index (χ1v) is 12.4. The summed E-state index contributed by atoms with van der Waals surface area (Å²) in [6, 6.07) is 9.98. The smallest absolute Gasteiger partial charge is 0.225 e. The summed E-state index contributed by atoms with van der Waals surface area (Å²) < 4.78 is 1.52. The van der Waals surface area contributed by atoms with Crippen LogP contribution in [-0.4, -0.2) is 72.1 Å². The summed E-state index contributed by atoms with van der Waals surface area (Å²) in [6.45, 7) is 2.27. The lowest BCUT2D eigenvalue weighted by atomic mass is 10.0. The van der Waals surface area contributed by atoms with Gasteiger partial charge in [0, 0.05) is 18.5 Å². The Morgan fingerprint density at radius 1 is 1.18 bits per heavy atom. The van der Waals surface area contributed by atoms with Crippen molar-refractivity contribution in [3.8, 4) is 0 Å². The number of carbonyl (C=O) groups excluding carboxylic acids is 1. The molecule has 11 heteroatoms. The first kappa shape index (κ1) is 22.1. The van der Waals surface area contributed by atoms with Gasteiger partial charge in [-0.2, -0.15) is 0 Å². The van der Waals surface area contributed by atoms with Gasteiger partial charge in [0.1, 0.15) is 6.10 Å². The average molecular weight is 470 g/mol. The summed E-state index contributed by atoms with van der Waals surface area (Å²) in [5, 5.41) is 36.5. The van der Waals surface area contributed by atoms with Gasteiger partial charge in [0.25, 0.3) is 0 Å². The second-order valence-electron chi connectivity index (χ2n) is 8.55. The van der Waals surface area contributed by atoms with Gasteiger partial charge in [-0.3, -0.25) is 4.79 Å². The predicted molar refractivity (Wildman–Crippen MR) is 124 cm³/mol. The van der Waals surface area contributed by atoms with Gasteiger partial charge >= 0.3 is 0 Å². The number of aliphatic hydroxyl groups excluding tert-OH is 2. The number of amides is 1. The van der Waals surface area contributed by atoms with Gasteiger partial charge in [-0.15, -0.1) is 5.10 Å². The van der Waals surface area contributed by atoms with Crippen molar-refractivity contribution in [2.24, 2.45) is 5.92 Å². The molecule has 2 aromatic heterocycles. The fourth-order valence-electron chi connectivity index (χ4n) is 4.64. The van der Waals surface area contributed by atoms with Crippen molar-refractivity contribution in [2.75, 3.05) is 18.1 Å². The summed E-state index contributed by atoms with van der Waals surface area (Å²) >= 11 is 1.40. The van der Waals surface area contributed by atoms with E-state index in [1.54, 1.807) is 0 Å². The van der Waals surface area contributed by atoms with E-state index in [1.165, 1.54) is 22.0 Å². The SMILES string of the molecule is CCNC(=O)C1CC(n2nnc3c(NC4CC4c4ccccc4)nc(SC)nc32)C(O)C1O. The van der Waals surface area contributed by atoms with Crippen LogP contribution in [0, 0.1) is 5.92 Å². The van der Waals surface area contributed by atoms with Crippen molar-refractivity contribution >= 4 is 34.7 Å². The Hall–Kier alpha value is -2.76. The molecule has 0 spiro atoms. The molecule has 0 radical (unpaired) electrons. The fraction of sp³-hybridized carbons (Fsp3) is 0.500. The van der Waals surface area contributed by atoms with Crippen molar-refractivity contribution < 1.29 is 15.0 Å². The minimum absolute atomic E-state index is 0.242. The summed E-state index contributed by atoms with van der Waals surface area (Å²) in [7, 11) is 0. The molecule has 6 unspecified atom stereocenters. The van der Waals surface area contributed by atoms with Gasteiger partial charge in [-0.25, -0.2) is 14.6 Å². The Morgan fingerprint density at radius 3 is 2.70 bits per heavy atom. The van der Waals surface area contributed by atoms with E-state index < -0.39 is 24.2 Å². The summed E-state index contributed by atoms with van der Waals surface area (Å²) in [5.74, 6) is 0.0150. The van der Waals surface area contributed by atoms with Gasteiger partial charge in [-0.1, -0.05) is 47.3 Å². The maximum absolute atomic E-state index is 12.3. The van der Waals surface area contributed by atoms with Gasteiger partial charge in [0.05, 0.1) is 18.1 Å². The van der Waals surface area contributed by atoms with Crippen LogP contribution in [0.25, 0.3) is 11.2 Å². The number of rotatable bonds is 7. The quantitative estimate of drug-likeness (QED) is 0.298. The molecule has 6 atom stereocenters. The highest BCUT2D eigenvalue weighted by Crippen LogP contribution is 2.43. The van der Waals surface area contributed by atoms with Crippen molar-refractivity contribution in [3.63, 3.8) is 0 Å². The molecule has 2 aliphatic carbocycles. The zero-order chi connectivity index (χ0) is 23.1. The molecule has 1 aromatic carbocycles. The van der Waals surface area contributed by atoms with Gasteiger partial charge in [0.2, 0.25) is 5.91 Å². The molecule has 2 saturated carbocycles. The molecule has 2 heterocycles. The number of aliphatic hydroxyl groups is 2. The van der Waals surface area contributed by atoms with Gasteiger partial charge < -0.3 is 20.8 Å². The van der Waals surface area contributed by atoms with E-state index in [0.717, 1.165) is 6.42 Å². The molecule has 0 saturated heterocycles. The number of anilines is 1. The zero-order valence-corrected chi connectivity index (χ0v) is 19.2. The van der Waals surface area contributed by atoms with E-state index in [1.807, 2.05) is 31.4 Å². The molecule has 174 valence electrons. The first-order valence-electron chi connectivity index (χ1n) is 11.1. The van der Waals surface area contributed by atoms with Crippen LogP contribution >= 0.6 is 11.8 Å². The minimum Gasteiger partial charge on any atom is -0.390 e. The van der Waals surface area contributed by atoms with E-state index in [4.69, 9.17) is 0 Å². The molecule has 0 bridgehead atoms. The normalized spacial score (nSPS) is 28.7.